The maximum absolute atomic E-state index is 12.6. The van der Waals surface area contributed by atoms with Crippen LogP contribution in [0.2, 0.25) is 0 Å². The van der Waals surface area contributed by atoms with Crippen LogP contribution in [0.25, 0.3) is 16.6 Å². The quantitative estimate of drug-likeness (QED) is 0.561. The van der Waals surface area contributed by atoms with Crippen molar-refractivity contribution < 1.29 is 9.59 Å². The maximum Gasteiger partial charge on any atom is 0.328 e. The summed E-state index contributed by atoms with van der Waals surface area (Å²) < 4.78 is 2.95. The Morgan fingerprint density at radius 3 is 3.00 bits per heavy atom. The Bertz CT molecular complexity index is 983. The molecule has 5 rings (SSSR count). The highest BCUT2D eigenvalue weighted by Gasteiger charge is 2.40. The highest BCUT2D eigenvalue weighted by molar-refractivity contribution is 7.97. The van der Waals surface area contributed by atoms with Gasteiger partial charge in [-0.1, -0.05) is 13.0 Å². The van der Waals surface area contributed by atoms with E-state index in [1.54, 1.807) is 4.90 Å². The van der Waals surface area contributed by atoms with Gasteiger partial charge in [0.2, 0.25) is 6.41 Å². The number of aromatic amines is 1. The van der Waals surface area contributed by atoms with Gasteiger partial charge >= 0.3 is 6.03 Å². The molecule has 7 nitrogen and oxygen atoms in total. The van der Waals surface area contributed by atoms with Crippen molar-refractivity contribution in [2.24, 2.45) is 0 Å². The number of fused-ring (bicyclic) bond motifs is 3. The van der Waals surface area contributed by atoms with Crippen LogP contribution in [0.5, 0.6) is 0 Å². The van der Waals surface area contributed by atoms with Gasteiger partial charge in [-0.25, -0.2) is 9.78 Å². The molecule has 1 saturated heterocycles. The molecule has 29 heavy (non-hydrogen) atoms. The smallest absolute Gasteiger partial charge is 0.328 e. The van der Waals surface area contributed by atoms with Crippen molar-refractivity contribution in [3.05, 3.63) is 30.0 Å². The summed E-state index contributed by atoms with van der Waals surface area (Å²) in [5.74, 6) is 1.57. The molecule has 2 bridgehead atoms. The van der Waals surface area contributed by atoms with Crippen LogP contribution in [0.1, 0.15) is 44.6 Å². The summed E-state index contributed by atoms with van der Waals surface area (Å²) in [7, 11) is 0. The molecule has 2 N–H and O–H groups in total. The number of anilines is 1. The first kappa shape index (κ1) is 18.5. The van der Waals surface area contributed by atoms with E-state index in [0.29, 0.717) is 5.82 Å². The van der Waals surface area contributed by atoms with Gasteiger partial charge in [0.1, 0.15) is 11.5 Å². The Labute approximate surface area is 174 Å². The molecule has 2 unspecified atom stereocenters. The first-order valence-corrected chi connectivity index (χ1v) is 11.3. The number of hydrogen-bond donors (Lipinski definition) is 2. The van der Waals surface area contributed by atoms with E-state index < -0.39 is 0 Å². The fraction of sp³-hybridized carbons (Fsp3) is 0.476. The van der Waals surface area contributed by atoms with Crippen LogP contribution in [0.4, 0.5) is 10.6 Å². The predicted octanol–water partition coefficient (Wildman–Crippen LogP) is 3.69. The third kappa shape index (κ3) is 3.29. The third-order valence-electron chi connectivity index (χ3n) is 6.11. The lowest BCUT2D eigenvalue weighted by Crippen LogP contribution is -2.46. The molecular weight excluding hydrogens is 386 g/mol. The van der Waals surface area contributed by atoms with Crippen LogP contribution in [0, 0.1) is 0 Å². The second-order valence-corrected chi connectivity index (χ2v) is 9.02. The third-order valence-corrected chi connectivity index (χ3v) is 6.72. The fourth-order valence-corrected chi connectivity index (χ4v) is 5.01. The predicted molar refractivity (Wildman–Crippen MR) is 116 cm³/mol. The first-order chi connectivity index (χ1) is 14.2. The summed E-state index contributed by atoms with van der Waals surface area (Å²) in [5.41, 5.74) is 3.18. The van der Waals surface area contributed by atoms with Crippen molar-refractivity contribution >= 4 is 46.8 Å². The molecule has 152 valence electrons. The minimum Gasteiger partial charge on any atom is -0.346 e. The number of pyridine rings is 1. The van der Waals surface area contributed by atoms with Crippen LogP contribution in [0.3, 0.4) is 0 Å². The number of amides is 3. The molecule has 4 heterocycles. The van der Waals surface area contributed by atoms with E-state index in [9.17, 15) is 9.59 Å². The van der Waals surface area contributed by atoms with E-state index in [4.69, 9.17) is 0 Å². The SMILES string of the molecule is CCSNC(=O)N1C2C=C(c3cc(N(C=O)C4CC4)nc4[nH]ccc34)CC1CC2. The number of nitrogens with zero attached hydrogens (tertiary/aromatic N) is 3. The lowest BCUT2D eigenvalue weighted by molar-refractivity contribution is -0.107. The van der Waals surface area contributed by atoms with Gasteiger partial charge in [0, 0.05) is 29.4 Å². The van der Waals surface area contributed by atoms with Gasteiger partial charge in [-0.05, 0) is 67.3 Å². The molecule has 0 spiro atoms. The average Bonchev–Trinajstić information content (AvgIpc) is 3.38. The second kappa shape index (κ2) is 7.40. The Morgan fingerprint density at radius 1 is 1.41 bits per heavy atom. The molecule has 1 aliphatic carbocycles. The zero-order valence-corrected chi connectivity index (χ0v) is 17.2. The highest BCUT2D eigenvalue weighted by atomic mass is 32.2. The van der Waals surface area contributed by atoms with Crippen LogP contribution >= 0.6 is 11.9 Å². The van der Waals surface area contributed by atoms with Crippen molar-refractivity contribution in [2.45, 2.75) is 57.2 Å². The topological polar surface area (TPSA) is 81.3 Å². The lowest BCUT2D eigenvalue weighted by Gasteiger charge is -2.34. The van der Waals surface area contributed by atoms with E-state index in [2.05, 4.69) is 26.8 Å². The molecule has 8 heteroatoms. The van der Waals surface area contributed by atoms with Crippen molar-refractivity contribution in [1.29, 1.82) is 0 Å². The van der Waals surface area contributed by atoms with Crippen LogP contribution < -0.4 is 9.62 Å². The van der Waals surface area contributed by atoms with Crippen LogP contribution in [-0.2, 0) is 4.79 Å². The summed E-state index contributed by atoms with van der Waals surface area (Å²) in [6, 6.07) is 4.72. The van der Waals surface area contributed by atoms with Gasteiger partial charge < -0.3 is 9.88 Å². The number of urea groups is 1. The number of carbonyl (C=O) groups excluding carboxylic acids is 2. The van der Waals surface area contributed by atoms with Gasteiger partial charge in [0.15, 0.2) is 0 Å². The number of H-pyrrole nitrogens is 1. The average molecular weight is 412 g/mol. The molecule has 3 aliphatic rings. The summed E-state index contributed by atoms with van der Waals surface area (Å²) in [6.07, 6.45) is 9.95. The highest BCUT2D eigenvalue weighted by Crippen LogP contribution is 2.41. The molecule has 2 aliphatic heterocycles. The summed E-state index contributed by atoms with van der Waals surface area (Å²) in [5, 5.41) is 1.07. The number of carbonyl (C=O) groups is 2. The Morgan fingerprint density at radius 2 is 2.28 bits per heavy atom. The van der Waals surface area contributed by atoms with E-state index >= 15 is 0 Å². The van der Waals surface area contributed by atoms with Crippen LogP contribution in [-0.4, -0.2) is 51.2 Å². The minimum atomic E-state index is 0.0164. The standard InChI is InChI=1S/C21H25N5O2S/c1-2-29-24-21(28)26-15-5-6-16(26)10-13(9-15)18-11-19(25(12-27)14-3-4-14)23-20-17(18)7-8-22-20/h7-9,11-12,14-16H,2-6,10H2,1H3,(H,22,23)(H,24,28). The molecule has 1 saturated carbocycles. The molecule has 0 radical (unpaired) electrons. The molecule has 2 aromatic rings. The fourth-order valence-electron chi connectivity index (χ4n) is 4.63. The number of nitrogens with one attached hydrogen (secondary N) is 2. The van der Waals surface area contributed by atoms with Gasteiger partial charge in [-0.2, -0.15) is 0 Å². The number of aromatic nitrogens is 2. The molecule has 2 fully saturated rings. The summed E-state index contributed by atoms with van der Waals surface area (Å²) in [4.78, 5) is 35.9. The van der Waals surface area contributed by atoms with E-state index in [1.807, 2.05) is 24.1 Å². The zero-order chi connectivity index (χ0) is 20.0. The number of rotatable bonds is 6. The second-order valence-electron chi connectivity index (χ2n) is 7.95. The van der Waals surface area contributed by atoms with Crippen molar-refractivity contribution in [2.75, 3.05) is 10.7 Å². The Kier molecular flexibility index (Phi) is 4.73. The van der Waals surface area contributed by atoms with E-state index in [1.165, 1.54) is 17.5 Å². The van der Waals surface area contributed by atoms with Gasteiger partial charge in [0.05, 0.1) is 6.04 Å². The summed E-state index contributed by atoms with van der Waals surface area (Å²) in [6.45, 7) is 2.03. The van der Waals surface area contributed by atoms with Crippen molar-refractivity contribution in [3.8, 4) is 0 Å². The lowest BCUT2D eigenvalue weighted by atomic mass is 9.93. The molecule has 0 aromatic carbocycles. The summed E-state index contributed by atoms with van der Waals surface area (Å²) >= 11 is 1.45. The van der Waals surface area contributed by atoms with Crippen molar-refractivity contribution in [1.82, 2.24) is 19.6 Å². The maximum atomic E-state index is 12.6. The number of hydrogen-bond acceptors (Lipinski definition) is 4. The van der Waals surface area contributed by atoms with Gasteiger partial charge in [-0.15, -0.1) is 0 Å². The van der Waals surface area contributed by atoms with E-state index in [0.717, 1.165) is 60.9 Å². The van der Waals surface area contributed by atoms with Gasteiger partial charge in [-0.3, -0.25) is 14.4 Å². The normalized spacial score (nSPS) is 23.2. The molecule has 2 atom stereocenters. The monoisotopic (exact) mass is 411 g/mol. The van der Waals surface area contributed by atoms with E-state index in [-0.39, 0.29) is 24.2 Å². The van der Waals surface area contributed by atoms with Crippen LogP contribution in [0.15, 0.2) is 24.4 Å². The molecule has 2 aromatic heterocycles. The first-order valence-electron chi connectivity index (χ1n) is 10.3. The minimum absolute atomic E-state index is 0.0164. The Hall–Kier alpha value is -2.48. The largest absolute Gasteiger partial charge is 0.346 e. The Balaban J connectivity index is 1.50. The zero-order valence-electron chi connectivity index (χ0n) is 16.4. The molecule has 3 amide bonds. The molecular formula is C21H25N5O2S. The van der Waals surface area contributed by atoms with Crippen molar-refractivity contribution in [3.63, 3.8) is 0 Å². The van der Waals surface area contributed by atoms with Gasteiger partial charge in [0.25, 0.3) is 0 Å².